The zero-order valence-electron chi connectivity index (χ0n) is 16.9. The standard InChI is InChI=1S/C10H19N/c1-10(2,3)11-7-8-4-5-9(11)6-8/h8-9H,4-7H2,1-3H3/t8-,9+/m1/s1/i4D2,5D2,6D2,7D2,8D,9D. The van der Waals surface area contributed by atoms with Crippen molar-refractivity contribution < 1.29 is 13.7 Å². The highest BCUT2D eigenvalue weighted by atomic mass is 15.2. The van der Waals surface area contributed by atoms with Crippen LogP contribution in [0.25, 0.3) is 0 Å². The molecule has 0 aromatic heterocycles. The Morgan fingerprint density at radius 2 is 2.18 bits per heavy atom. The molecule has 1 nitrogen and oxygen atoms in total. The molecule has 1 aliphatic heterocycles. The molecule has 1 saturated heterocycles. The fraction of sp³-hybridized carbons (Fsp3) is 1.00. The Labute approximate surface area is 83.8 Å². The first-order valence-corrected chi connectivity index (χ1v) is 3.67. The van der Waals surface area contributed by atoms with E-state index < -0.39 is 43.1 Å². The number of rotatable bonds is 0. The van der Waals surface area contributed by atoms with Gasteiger partial charge in [-0.25, -0.2) is 0 Å². The van der Waals surface area contributed by atoms with E-state index in [0.717, 1.165) is 0 Å². The Hall–Kier alpha value is -0.0400. The van der Waals surface area contributed by atoms with E-state index in [2.05, 4.69) is 0 Å². The minimum Gasteiger partial charge on any atom is -0.295 e. The van der Waals surface area contributed by atoms with Crippen molar-refractivity contribution in [2.75, 3.05) is 6.50 Å². The second kappa shape index (κ2) is 2.22. The van der Waals surface area contributed by atoms with Crippen molar-refractivity contribution in [3.63, 3.8) is 0 Å². The van der Waals surface area contributed by atoms with Crippen LogP contribution in [-0.2, 0) is 0 Å². The highest BCUT2D eigenvalue weighted by Gasteiger charge is 2.42. The quantitative estimate of drug-likeness (QED) is 0.529. The van der Waals surface area contributed by atoms with Crippen LogP contribution in [0.3, 0.4) is 0 Å². The predicted molar refractivity (Wildman–Crippen MR) is 47.6 cm³/mol. The van der Waals surface area contributed by atoms with Crippen LogP contribution in [-0.4, -0.2) is 23.0 Å². The molecule has 0 aromatic rings. The highest BCUT2D eigenvalue weighted by molar-refractivity contribution is 4.96. The second-order valence-corrected chi connectivity index (χ2v) is 3.72. The third kappa shape index (κ3) is 1.20. The first-order valence-electron chi connectivity index (χ1n) is 8.67. The third-order valence-corrected chi connectivity index (χ3v) is 1.67. The van der Waals surface area contributed by atoms with Crippen LogP contribution in [0.4, 0.5) is 0 Å². The predicted octanol–water partition coefficient (Wildman–Crippen LogP) is 2.27. The zero-order valence-corrected chi connectivity index (χ0v) is 6.95. The Bertz CT molecular complexity index is 495. The molecule has 0 unspecified atom stereocenters. The lowest BCUT2D eigenvalue weighted by atomic mass is 10.0. The maximum Gasteiger partial charge on any atom is 0.0467 e. The van der Waals surface area contributed by atoms with Gasteiger partial charge in [-0.1, -0.05) is 0 Å². The molecule has 0 spiro atoms. The van der Waals surface area contributed by atoms with Gasteiger partial charge >= 0.3 is 0 Å². The summed E-state index contributed by atoms with van der Waals surface area (Å²) in [6.07, 6.45) is -9.25. The Morgan fingerprint density at radius 3 is 2.73 bits per heavy atom. The Kier molecular flexibility index (Phi) is 0.456. The van der Waals surface area contributed by atoms with Crippen LogP contribution in [0.2, 0.25) is 0 Å². The van der Waals surface area contributed by atoms with Crippen LogP contribution in [0.1, 0.15) is 53.6 Å². The van der Waals surface area contributed by atoms with Gasteiger partial charge in [-0.2, -0.15) is 0 Å². The largest absolute Gasteiger partial charge is 0.295 e. The third-order valence-electron chi connectivity index (χ3n) is 1.67. The van der Waals surface area contributed by atoms with Crippen LogP contribution in [0.5, 0.6) is 0 Å². The molecule has 2 rings (SSSR count). The van der Waals surface area contributed by atoms with Crippen molar-refractivity contribution in [1.29, 1.82) is 0 Å². The summed E-state index contributed by atoms with van der Waals surface area (Å²) in [7, 11) is 0. The number of likely N-dealkylation sites (tertiary alicyclic amines) is 1. The molecule has 64 valence electrons. The number of piperidine rings is 1. The monoisotopic (exact) mass is 163 g/mol. The Balaban J connectivity index is 2.95. The fourth-order valence-electron chi connectivity index (χ4n) is 1.14. The van der Waals surface area contributed by atoms with Gasteiger partial charge in [0.25, 0.3) is 0 Å². The van der Waals surface area contributed by atoms with E-state index in [0.29, 0.717) is 4.90 Å². The van der Waals surface area contributed by atoms with Crippen molar-refractivity contribution in [2.45, 2.75) is 51.4 Å². The summed E-state index contributed by atoms with van der Waals surface area (Å²) in [5, 5.41) is 0. The average Bonchev–Trinajstić information content (AvgIpc) is 2.34. The topological polar surface area (TPSA) is 3.24 Å². The minimum atomic E-state index is -3.16. The van der Waals surface area contributed by atoms with Crippen molar-refractivity contribution in [3.8, 4) is 0 Å². The molecule has 1 aliphatic carbocycles. The SMILES string of the molecule is [2H]C1([2H])C([2H])([2H])[C@@]2([2H])C([2H])([2H])N(C(C)(C)C)[C@]1([2H])C2([2H])[2H]. The van der Waals surface area contributed by atoms with Gasteiger partial charge in [-0.3, -0.25) is 4.90 Å². The van der Waals surface area contributed by atoms with Gasteiger partial charge in [0, 0.05) is 31.8 Å². The summed E-state index contributed by atoms with van der Waals surface area (Å²) >= 11 is 0. The first-order chi connectivity index (χ1) is 8.87. The van der Waals surface area contributed by atoms with Crippen molar-refractivity contribution in [3.05, 3.63) is 0 Å². The number of hydrogen-bond acceptors (Lipinski definition) is 1. The highest BCUT2D eigenvalue weighted by Crippen LogP contribution is 2.40. The molecule has 2 bridgehead atoms. The fourth-order valence-corrected chi connectivity index (χ4v) is 1.14. The summed E-state index contributed by atoms with van der Waals surface area (Å²) < 4.78 is 80.8. The molecule has 2 fully saturated rings. The summed E-state index contributed by atoms with van der Waals surface area (Å²) in [6.45, 7) is 1.64. The molecule has 1 heterocycles. The molecule has 11 heavy (non-hydrogen) atoms. The summed E-state index contributed by atoms with van der Waals surface area (Å²) in [4.78, 5) is 0.682. The smallest absolute Gasteiger partial charge is 0.0467 e. The lowest BCUT2D eigenvalue weighted by Gasteiger charge is -2.38. The first kappa shape index (κ1) is 2.25. The summed E-state index contributed by atoms with van der Waals surface area (Å²) in [5.74, 6) is -3.06. The molecule has 1 heteroatoms. The van der Waals surface area contributed by atoms with Gasteiger partial charge in [0.05, 0.1) is 0 Å². The normalized spacial score (nSPS) is 83.5. The van der Waals surface area contributed by atoms with Crippen LogP contribution >= 0.6 is 0 Å². The van der Waals surface area contributed by atoms with E-state index in [4.69, 9.17) is 13.7 Å². The molecule has 2 aliphatic rings. The molecular weight excluding hydrogens is 134 g/mol. The van der Waals surface area contributed by atoms with E-state index in [1.807, 2.05) is 0 Å². The molecule has 0 radical (unpaired) electrons. The van der Waals surface area contributed by atoms with E-state index in [1.54, 1.807) is 0 Å². The van der Waals surface area contributed by atoms with Crippen molar-refractivity contribution >= 4 is 0 Å². The van der Waals surface area contributed by atoms with E-state index in [1.165, 1.54) is 20.8 Å². The molecule has 1 saturated carbocycles. The van der Waals surface area contributed by atoms with Gasteiger partial charge < -0.3 is 0 Å². The maximum atomic E-state index is 8.40. The number of hydrogen-bond donors (Lipinski definition) is 0. The lowest BCUT2D eigenvalue weighted by molar-refractivity contribution is 0.0974. The minimum absolute atomic E-state index is 0.682. The van der Waals surface area contributed by atoms with Gasteiger partial charge in [-0.05, 0) is 45.8 Å². The van der Waals surface area contributed by atoms with Gasteiger partial charge in [0.1, 0.15) is 0 Å². The van der Waals surface area contributed by atoms with Gasteiger partial charge in [0.2, 0.25) is 0 Å². The van der Waals surface area contributed by atoms with Gasteiger partial charge in [0.15, 0.2) is 0 Å². The number of nitrogens with zero attached hydrogens (tertiary/aromatic N) is 1. The summed E-state index contributed by atoms with van der Waals surface area (Å²) in [6, 6.07) is -2.85. The maximum absolute atomic E-state index is 8.40. The molecular formula is C10H19N. The van der Waals surface area contributed by atoms with Crippen LogP contribution in [0.15, 0.2) is 0 Å². The molecule has 0 N–H and O–H groups in total. The lowest BCUT2D eigenvalue weighted by Crippen LogP contribution is -2.45. The van der Waals surface area contributed by atoms with Gasteiger partial charge in [-0.15, -0.1) is 0 Å². The Morgan fingerprint density at radius 1 is 1.45 bits per heavy atom. The zero-order chi connectivity index (χ0) is 17.1. The second-order valence-electron chi connectivity index (χ2n) is 3.72. The van der Waals surface area contributed by atoms with Crippen molar-refractivity contribution in [2.24, 2.45) is 5.89 Å². The molecule has 2 atom stereocenters. The van der Waals surface area contributed by atoms with Crippen LogP contribution < -0.4 is 0 Å². The van der Waals surface area contributed by atoms with E-state index >= 15 is 0 Å². The molecule has 0 amide bonds. The van der Waals surface area contributed by atoms with E-state index in [9.17, 15) is 0 Å². The van der Waals surface area contributed by atoms with Crippen molar-refractivity contribution in [1.82, 2.24) is 4.90 Å². The number of fused-ring (bicyclic) bond motifs is 2. The summed E-state index contributed by atoms with van der Waals surface area (Å²) in [5.41, 5.74) is -1.16. The van der Waals surface area contributed by atoms with Crippen LogP contribution in [0, 0.1) is 5.89 Å². The molecule has 0 aromatic carbocycles. The average molecular weight is 163 g/mol. The van der Waals surface area contributed by atoms with E-state index in [-0.39, 0.29) is 0 Å².